The van der Waals surface area contributed by atoms with Gasteiger partial charge in [-0.1, -0.05) is 25.4 Å². The van der Waals surface area contributed by atoms with Gasteiger partial charge in [-0.05, 0) is 24.1 Å². The van der Waals surface area contributed by atoms with Crippen LogP contribution in [0.5, 0.6) is 5.75 Å². The van der Waals surface area contributed by atoms with Crippen molar-refractivity contribution in [3.63, 3.8) is 0 Å². The molecule has 1 rings (SSSR count). The number of methoxy groups -OCH3 is 2. The summed E-state index contributed by atoms with van der Waals surface area (Å²) in [5.41, 5.74) is 1.06. The molecular weight excluding hydrogens is 250 g/mol. The molecule has 0 aromatic heterocycles. The van der Waals surface area contributed by atoms with E-state index >= 15 is 0 Å². The Labute approximate surface area is 114 Å². The molecule has 0 radical (unpaired) electrons. The van der Waals surface area contributed by atoms with Gasteiger partial charge in [-0.15, -0.1) is 0 Å². The van der Waals surface area contributed by atoms with Gasteiger partial charge in [0, 0.05) is 30.3 Å². The van der Waals surface area contributed by atoms with Crippen LogP contribution in [0.3, 0.4) is 0 Å². The maximum Gasteiger partial charge on any atom is 0.123 e. The molecule has 1 atom stereocenters. The smallest absolute Gasteiger partial charge is 0.123 e. The lowest BCUT2D eigenvalue weighted by Gasteiger charge is -2.22. The Hall–Kier alpha value is -0.770. The van der Waals surface area contributed by atoms with E-state index in [4.69, 9.17) is 21.1 Å². The zero-order chi connectivity index (χ0) is 13.5. The molecule has 0 bridgehead atoms. The van der Waals surface area contributed by atoms with Crippen LogP contribution in [0.25, 0.3) is 0 Å². The fourth-order valence-electron chi connectivity index (χ4n) is 1.79. The van der Waals surface area contributed by atoms with Crippen LogP contribution in [0.4, 0.5) is 0 Å². The maximum absolute atomic E-state index is 6.00. The molecule has 102 valence electrons. The van der Waals surface area contributed by atoms with Crippen molar-refractivity contribution in [3.05, 3.63) is 28.8 Å². The Morgan fingerprint density at radius 2 is 2.00 bits per heavy atom. The van der Waals surface area contributed by atoms with Crippen molar-refractivity contribution in [1.82, 2.24) is 5.32 Å². The second-order valence-corrected chi connectivity index (χ2v) is 5.08. The Morgan fingerprint density at radius 3 is 2.56 bits per heavy atom. The van der Waals surface area contributed by atoms with Crippen LogP contribution in [0.1, 0.15) is 19.4 Å². The van der Waals surface area contributed by atoms with E-state index in [1.165, 1.54) is 0 Å². The van der Waals surface area contributed by atoms with Gasteiger partial charge >= 0.3 is 0 Å². The van der Waals surface area contributed by atoms with Gasteiger partial charge in [0.25, 0.3) is 0 Å². The molecule has 1 aromatic rings. The number of nitrogens with one attached hydrogen (secondary N) is 1. The van der Waals surface area contributed by atoms with E-state index < -0.39 is 0 Å². The van der Waals surface area contributed by atoms with Gasteiger partial charge in [-0.2, -0.15) is 0 Å². The van der Waals surface area contributed by atoms with Gasteiger partial charge in [0.15, 0.2) is 0 Å². The number of benzene rings is 1. The molecule has 1 N–H and O–H groups in total. The second-order valence-electron chi connectivity index (χ2n) is 4.64. The van der Waals surface area contributed by atoms with Gasteiger partial charge in [0.05, 0.1) is 13.7 Å². The molecule has 1 aromatic carbocycles. The number of rotatable bonds is 7. The number of hydrogen-bond donors (Lipinski definition) is 1. The Morgan fingerprint density at radius 1 is 1.28 bits per heavy atom. The van der Waals surface area contributed by atoms with Crippen molar-refractivity contribution in [1.29, 1.82) is 0 Å². The topological polar surface area (TPSA) is 30.5 Å². The van der Waals surface area contributed by atoms with Crippen LogP contribution in [-0.4, -0.2) is 26.9 Å². The van der Waals surface area contributed by atoms with Crippen molar-refractivity contribution < 1.29 is 9.47 Å². The SMILES string of the molecule is COCC(NCc1cc(Cl)ccc1OC)C(C)C. The van der Waals surface area contributed by atoms with Gasteiger partial charge in [-0.25, -0.2) is 0 Å². The van der Waals surface area contributed by atoms with Crippen LogP contribution in [0.15, 0.2) is 18.2 Å². The van der Waals surface area contributed by atoms with Crippen molar-refractivity contribution >= 4 is 11.6 Å². The monoisotopic (exact) mass is 271 g/mol. The van der Waals surface area contributed by atoms with E-state index in [9.17, 15) is 0 Å². The third-order valence-electron chi connectivity index (χ3n) is 2.95. The third-order valence-corrected chi connectivity index (χ3v) is 3.18. The van der Waals surface area contributed by atoms with Crippen molar-refractivity contribution in [2.24, 2.45) is 5.92 Å². The molecule has 3 nitrogen and oxygen atoms in total. The van der Waals surface area contributed by atoms with E-state index in [0.29, 0.717) is 18.6 Å². The summed E-state index contributed by atoms with van der Waals surface area (Å²) in [5.74, 6) is 1.36. The highest BCUT2D eigenvalue weighted by molar-refractivity contribution is 6.30. The van der Waals surface area contributed by atoms with Gasteiger partial charge < -0.3 is 14.8 Å². The van der Waals surface area contributed by atoms with Gasteiger partial charge in [0.1, 0.15) is 5.75 Å². The molecule has 18 heavy (non-hydrogen) atoms. The van der Waals surface area contributed by atoms with Crippen molar-refractivity contribution in [2.45, 2.75) is 26.4 Å². The van der Waals surface area contributed by atoms with Crippen LogP contribution < -0.4 is 10.1 Å². The quantitative estimate of drug-likeness (QED) is 0.827. The summed E-state index contributed by atoms with van der Waals surface area (Å²) in [6, 6.07) is 5.97. The third kappa shape index (κ3) is 4.48. The first-order valence-electron chi connectivity index (χ1n) is 6.13. The Balaban J connectivity index is 2.68. The summed E-state index contributed by atoms with van der Waals surface area (Å²) in [6.45, 7) is 5.76. The first kappa shape index (κ1) is 15.3. The summed E-state index contributed by atoms with van der Waals surface area (Å²) in [4.78, 5) is 0. The zero-order valence-electron chi connectivity index (χ0n) is 11.5. The highest BCUT2D eigenvalue weighted by Crippen LogP contribution is 2.22. The van der Waals surface area contributed by atoms with E-state index in [1.807, 2.05) is 18.2 Å². The molecule has 0 aliphatic heterocycles. The first-order valence-corrected chi connectivity index (χ1v) is 6.51. The lowest BCUT2D eigenvalue weighted by atomic mass is 10.0. The number of ether oxygens (including phenoxy) is 2. The fourth-order valence-corrected chi connectivity index (χ4v) is 1.99. The highest BCUT2D eigenvalue weighted by Gasteiger charge is 2.13. The molecule has 1 unspecified atom stereocenters. The minimum Gasteiger partial charge on any atom is -0.496 e. The fraction of sp³-hybridized carbons (Fsp3) is 0.571. The predicted molar refractivity (Wildman–Crippen MR) is 75.3 cm³/mol. The van der Waals surface area contributed by atoms with Crippen LogP contribution in [0.2, 0.25) is 5.02 Å². The highest BCUT2D eigenvalue weighted by atomic mass is 35.5. The average molecular weight is 272 g/mol. The zero-order valence-corrected chi connectivity index (χ0v) is 12.3. The second kappa shape index (κ2) is 7.62. The van der Waals surface area contributed by atoms with Crippen molar-refractivity contribution in [3.8, 4) is 5.75 Å². The van der Waals surface area contributed by atoms with Crippen LogP contribution in [-0.2, 0) is 11.3 Å². The largest absolute Gasteiger partial charge is 0.496 e. The molecule has 0 spiro atoms. The minimum atomic E-state index is 0.318. The van der Waals surface area contributed by atoms with Crippen LogP contribution >= 0.6 is 11.6 Å². The summed E-state index contributed by atoms with van der Waals surface area (Å²) in [6.07, 6.45) is 0. The van der Waals surface area contributed by atoms with Crippen LogP contribution in [0, 0.1) is 5.92 Å². The summed E-state index contributed by atoms with van der Waals surface area (Å²) in [7, 11) is 3.39. The lowest BCUT2D eigenvalue weighted by Crippen LogP contribution is -2.37. The summed E-state index contributed by atoms with van der Waals surface area (Å²) in [5, 5.41) is 4.20. The Kier molecular flexibility index (Phi) is 6.47. The minimum absolute atomic E-state index is 0.318. The molecule has 0 fully saturated rings. The predicted octanol–water partition coefficient (Wildman–Crippen LogP) is 3.11. The summed E-state index contributed by atoms with van der Waals surface area (Å²) >= 11 is 6.00. The van der Waals surface area contributed by atoms with E-state index in [1.54, 1.807) is 14.2 Å². The molecule has 0 saturated carbocycles. The molecule has 0 amide bonds. The summed E-state index contributed by atoms with van der Waals surface area (Å²) < 4.78 is 10.5. The number of halogens is 1. The van der Waals surface area contributed by atoms with E-state index in [-0.39, 0.29) is 0 Å². The standard InChI is InChI=1S/C14H22ClNO2/c1-10(2)13(9-17-3)16-8-11-7-12(15)5-6-14(11)18-4/h5-7,10,13,16H,8-9H2,1-4H3. The molecule has 4 heteroatoms. The van der Waals surface area contributed by atoms with Crippen molar-refractivity contribution in [2.75, 3.05) is 20.8 Å². The lowest BCUT2D eigenvalue weighted by molar-refractivity contribution is 0.146. The Bertz CT molecular complexity index is 369. The van der Waals surface area contributed by atoms with E-state index in [0.717, 1.165) is 22.9 Å². The van der Waals surface area contributed by atoms with E-state index in [2.05, 4.69) is 19.2 Å². The molecule has 0 heterocycles. The molecular formula is C14H22ClNO2. The molecule has 0 aliphatic carbocycles. The first-order chi connectivity index (χ1) is 8.58. The number of hydrogen-bond acceptors (Lipinski definition) is 3. The average Bonchev–Trinajstić information content (AvgIpc) is 2.34. The molecule has 0 saturated heterocycles. The van der Waals surface area contributed by atoms with Gasteiger partial charge in [0.2, 0.25) is 0 Å². The normalized spacial score (nSPS) is 12.8. The molecule has 0 aliphatic rings. The van der Waals surface area contributed by atoms with Gasteiger partial charge in [-0.3, -0.25) is 0 Å². The maximum atomic E-state index is 6.00.